The molecule has 0 aromatic heterocycles. The van der Waals surface area contributed by atoms with Gasteiger partial charge in [-0.2, -0.15) is 0 Å². The highest BCUT2D eigenvalue weighted by molar-refractivity contribution is 5.94. The first kappa shape index (κ1) is 18.4. The molecule has 1 aromatic rings. The Labute approximate surface area is 133 Å². The highest BCUT2D eigenvalue weighted by Gasteiger charge is 2.19. The van der Waals surface area contributed by atoms with Crippen molar-refractivity contribution in [3.63, 3.8) is 0 Å². The normalized spacial score (nSPS) is 10.8. The van der Waals surface area contributed by atoms with E-state index in [1.165, 1.54) is 25.3 Å². The average Bonchev–Trinajstić information content (AvgIpc) is 2.43. The predicted molar refractivity (Wildman–Crippen MR) is 83.3 cm³/mol. The number of nitrogens with zero attached hydrogens (tertiary/aromatic N) is 1. The molecule has 1 amide bonds. The summed E-state index contributed by atoms with van der Waals surface area (Å²) in [7, 11) is 1.38. The average molecular weight is 324 g/mol. The van der Waals surface area contributed by atoms with Crippen LogP contribution in [-0.2, 0) is 14.3 Å². The molecule has 126 valence electrons. The third-order valence-electron chi connectivity index (χ3n) is 2.71. The van der Waals surface area contributed by atoms with Crippen molar-refractivity contribution in [2.45, 2.75) is 27.2 Å². The zero-order valence-electron chi connectivity index (χ0n) is 13.5. The van der Waals surface area contributed by atoms with Crippen LogP contribution in [0.3, 0.4) is 0 Å². The summed E-state index contributed by atoms with van der Waals surface area (Å²) in [4.78, 5) is 33.6. The number of hydrogen-bond donors (Lipinski definition) is 1. The summed E-state index contributed by atoms with van der Waals surface area (Å²) in [6, 6.07) is 3.81. The summed E-state index contributed by atoms with van der Waals surface area (Å²) in [6.45, 7) is 5.16. The molecule has 0 aliphatic carbocycles. The van der Waals surface area contributed by atoms with Gasteiger partial charge in [0.15, 0.2) is 6.61 Å². The van der Waals surface area contributed by atoms with Crippen molar-refractivity contribution in [2.75, 3.05) is 19.0 Å². The molecule has 0 saturated heterocycles. The van der Waals surface area contributed by atoms with E-state index in [1.54, 1.807) is 0 Å². The number of amides is 1. The summed E-state index contributed by atoms with van der Waals surface area (Å²) >= 11 is 0. The number of anilines is 1. The zero-order valence-corrected chi connectivity index (χ0v) is 13.5. The quantitative estimate of drug-likeness (QED) is 0.489. The fourth-order valence-corrected chi connectivity index (χ4v) is 1.72. The largest absolute Gasteiger partial charge is 0.495 e. The van der Waals surface area contributed by atoms with Crippen LogP contribution in [-0.4, -0.2) is 30.5 Å². The van der Waals surface area contributed by atoms with Crippen LogP contribution >= 0.6 is 0 Å². The van der Waals surface area contributed by atoms with Crippen LogP contribution in [0, 0.1) is 15.5 Å². The maximum absolute atomic E-state index is 11.8. The van der Waals surface area contributed by atoms with Gasteiger partial charge >= 0.3 is 5.97 Å². The van der Waals surface area contributed by atoms with E-state index in [9.17, 15) is 19.7 Å². The molecule has 0 atom stereocenters. The van der Waals surface area contributed by atoms with Crippen molar-refractivity contribution in [1.82, 2.24) is 0 Å². The van der Waals surface area contributed by atoms with Crippen LogP contribution in [0.1, 0.15) is 27.2 Å². The van der Waals surface area contributed by atoms with Gasteiger partial charge in [-0.1, -0.05) is 20.8 Å². The molecule has 0 aliphatic heterocycles. The van der Waals surface area contributed by atoms with Crippen molar-refractivity contribution in [3.8, 4) is 5.75 Å². The number of carbonyl (C=O) groups excluding carboxylic acids is 2. The van der Waals surface area contributed by atoms with Gasteiger partial charge in [0.1, 0.15) is 5.75 Å². The Bertz CT molecular complexity index is 606. The molecule has 1 rings (SSSR count). The smallest absolute Gasteiger partial charge is 0.306 e. The van der Waals surface area contributed by atoms with E-state index in [1.807, 2.05) is 20.8 Å². The third-order valence-corrected chi connectivity index (χ3v) is 2.71. The second-order valence-corrected chi connectivity index (χ2v) is 6.09. The molecule has 0 fully saturated rings. The van der Waals surface area contributed by atoms with E-state index in [0.717, 1.165) is 0 Å². The van der Waals surface area contributed by atoms with Gasteiger partial charge in [0.25, 0.3) is 11.6 Å². The Balaban J connectivity index is 2.68. The van der Waals surface area contributed by atoms with Gasteiger partial charge in [0.2, 0.25) is 0 Å². The topological polar surface area (TPSA) is 108 Å². The first-order valence-electron chi connectivity index (χ1n) is 6.90. The summed E-state index contributed by atoms with van der Waals surface area (Å²) in [5.74, 6) is -0.824. The maximum atomic E-state index is 11.8. The molecule has 0 heterocycles. The second kappa shape index (κ2) is 7.57. The Kier molecular flexibility index (Phi) is 6.06. The molecule has 0 unspecified atom stereocenters. The summed E-state index contributed by atoms with van der Waals surface area (Å²) < 4.78 is 9.90. The van der Waals surface area contributed by atoms with E-state index >= 15 is 0 Å². The molecule has 1 aromatic carbocycles. The summed E-state index contributed by atoms with van der Waals surface area (Å²) in [5, 5.41) is 13.2. The molecule has 0 spiro atoms. The van der Waals surface area contributed by atoms with E-state index in [4.69, 9.17) is 9.47 Å². The predicted octanol–water partition coefficient (Wildman–Crippen LogP) is 2.52. The SMILES string of the molecule is COc1ccc([N+](=O)[O-])cc1NC(=O)COC(=O)CC(C)(C)C. The van der Waals surface area contributed by atoms with Crippen LogP contribution in [0.15, 0.2) is 18.2 Å². The van der Waals surface area contributed by atoms with Gasteiger partial charge < -0.3 is 14.8 Å². The van der Waals surface area contributed by atoms with Crippen molar-refractivity contribution in [2.24, 2.45) is 5.41 Å². The zero-order chi connectivity index (χ0) is 17.6. The number of esters is 1. The van der Waals surface area contributed by atoms with Crippen LogP contribution in [0.2, 0.25) is 0 Å². The van der Waals surface area contributed by atoms with E-state index in [-0.39, 0.29) is 29.0 Å². The van der Waals surface area contributed by atoms with Crippen molar-refractivity contribution < 1.29 is 24.0 Å². The number of nitro benzene ring substituents is 1. The number of nitro groups is 1. The molecule has 0 radical (unpaired) electrons. The standard InChI is InChI=1S/C15H20N2O6/c1-15(2,3)8-14(19)23-9-13(18)16-11-7-10(17(20)21)5-6-12(11)22-4/h5-7H,8-9H2,1-4H3,(H,16,18). The van der Waals surface area contributed by atoms with Gasteiger partial charge in [-0.15, -0.1) is 0 Å². The Hall–Kier alpha value is -2.64. The number of ether oxygens (including phenoxy) is 2. The van der Waals surface area contributed by atoms with Crippen LogP contribution in [0.25, 0.3) is 0 Å². The highest BCUT2D eigenvalue weighted by Crippen LogP contribution is 2.28. The highest BCUT2D eigenvalue weighted by atomic mass is 16.6. The first-order valence-corrected chi connectivity index (χ1v) is 6.90. The minimum Gasteiger partial charge on any atom is -0.495 e. The van der Waals surface area contributed by atoms with E-state index in [0.29, 0.717) is 0 Å². The van der Waals surface area contributed by atoms with E-state index in [2.05, 4.69) is 5.32 Å². The number of carbonyl (C=O) groups is 2. The number of rotatable bonds is 6. The van der Waals surface area contributed by atoms with Gasteiger partial charge in [0.05, 0.1) is 24.1 Å². The fourth-order valence-electron chi connectivity index (χ4n) is 1.72. The molecule has 0 aliphatic rings. The lowest BCUT2D eigenvalue weighted by atomic mass is 9.92. The molecule has 8 heteroatoms. The number of hydrogen-bond acceptors (Lipinski definition) is 6. The Morgan fingerprint density at radius 2 is 1.96 bits per heavy atom. The summed E-state index contributed by atoms with van der Waals surface area (Å²) in [6.07, 6.45) is 0.181. The number of benzene rings is 1. The number of nitrogens with one attached hydrogen (secondary N) is 1. The van der Waals surface area contributed by atoms with Gasteiger partial charge in [-0.05, 0) is 11.5 Å². The lowest BCUT2D eigenvalue weighted by Crippen LogP contribution is -2.23. The molecule has 1 N–H and O–H groups in total. The lowest BCUT2D eigenvalue weighted by Gasteiger charge is -2.16. The number of methoxy groups -OCH3 is 1. The molecule has 0 saturated carbocycles. The van der Waals surface area contributed by atoms with Crippen molar-refractivity contribution in [3.05, 3.63) is 28.3 Å². The molecular weight excluding hydrogens is 304 g/mol. The van der Waals surface area contributed by atoms with Crippen LogP contribution in [0.5, 0.6) is 5.75 Å². The second-order valence-electron chi connectivity index (χ2n) is 6.09. The molecular formula is C15H20N2O6. The van der Waals surface area contributed by atoms with Crippen molar-refractivity contribution >= 4 is 23.3 Å². The minimum atomic E-state index is -0.606. The monoisotopic (exact) mass is 324 g/mol. The lowest BCUT2D eigenvalue weighted by molar-refractivity contribution is -0.384. The Morgan fingerprint density at radius 1 is 1.30 bits per heavy atom. The minimum absolute atomic E-state index is 0.138. The van der Waals surface area contributed by atoms with E-state index < -0.39 is 23.4 Å². The van der Waals surface area contributed by atoms with Gasteiger partial charge in [-0.25, -0.2) is 0 Å². The van der Waals surface area contributed by atoms with Crippen LogP contribution < -0.4 is 10.1 Å². The molecule has 8 nitrogen and oxygen atoms in total. The maximum Gasteiger partial charge on any atom is 0.306 e. The van der Waals surface area contributed by atoms with Crippen molar-refractivity contribution in [1.29, 1.82) is 0 Å². The molecule has 0 bridgehead atoms. The van der Waals surface area contributed by atoms with Gasteiger partial charge in [0, 0.05) is 12.1 Å². The van der Waals surface area contributed by atoms with Crippen LogP contribution in [0.4, 0.5) is 11.4 Å². The summed E-state index contributed by atoms with van der Waals surface area (Å²) in [5.41, 5.74) is -0.291. The Morgan fingerprint density at radius 3 is 2.48 bits per heavy atom. The fraction of sp³-hybridized carbons (Fsp3) is 0.467. The third kappa shape index (κ3) is 6.33. The first-order chi connectivity index (χ1) is 10.6. The molecule has 23 heavy (non-hydrogen) atoms. The van der Waals surface area contributed by atoms with Gasteiger partial charge in [-0.3, -0.25) is 19.7 Å². The number of non-ortho nitro benzene ring substituents is 1.